The van der Waals surface area contributed by atoms with Gasteiger partial charge in [0.15, 0.2) is 0 Å². The van der Waals surface area contributed by atoms with E-state index in [9.17, 15) is 0 Å². The van der Waals surface area contributed by atoms with E-state index in [4.69, 9.17) is 15.4 Å². The lowest BCUT2D eigenvalue weighted by Gasteiger charge is -2.06. The Labute approximate surface area is 113 Å². The van der Waals surface area contributed by atoms with E-state index in [-0.39, 0.29) is 5.88 Å². The molecule has 0 amide bonds. The second-order valence-corrected chi connectivity index (χ2v) is 5.18. The van der Waals surface area contributed by atoms with E-state index in [0.717, 1.165) is 17.5 Å². The van der Waals surface area contributed by atoms with Crippen LogP contribution in [0.2, 0.25) is 0 Å². The number of furan rings is 1. The largest absolute Gasteiger partial charge is 0.444 e. The van der Waals surface area contributed by atoms with Crippen LogP contribution in [0.1, 0.15) is 30.7 Å². The Kier molecular flexibility index (Phi) is 3.62. The molecule has 0 radical (unpaired) electrons. The van der Waals surface area contributed by atoms with Gasteiger partial charge in [-0.15, -0.1) is 0 Å². The summed E-state index contributed by atoms with van der Waals surface area (Å²) in [6.07, 6.45) is 1.05. The lowest BCUT2D eigenvalue weighted by atomic mass is 9.97. The maximum Gasteiger partial charge on any atom is 0.209 e. The quantitative estimate of drug-likeness (QED) is 0.903. The minimum atomic E-state index is 0.196. The van der Waals surface area contributed by atoms with Crippen molar-refractivity contribution in [3.05, 3.63) is 41.2 Å². The first-order valence-corrected chi connectivity index (χ1v) is 6.41. The van der Waals surface area contributed by atoms with Gasteiger partial charge in [0.05, 0.1) is 0 Å². The van der Waals surface area contributed by atoms with E-state index in [2.05, 4.69) is 32.0 Å². The number of aryl methyl sites for hydroxylation is 1. The zero-order chi connectivity index (χ0) is 14.0. The third-order valence-corrected chi connectivity index (χ3v) is 3.11. The number of benzene rings is 1. The molecular formula is C16H18N2O. The van der Waals surface area contributed by atoms with Crippen molar-refractivity contribution in [2.75, 3.05) is 5.73 Å². The molecule has 2 rings (SSSR count). The van der Waals surface area contributed by atoms with Crippen molar-refractivity contribution >= 4 is 5.88 Å². The molecule has 0 unspecified atom stereocenters. The van der Waals surface area contributed by atoms with Gasteiger partial charge in [-0.25, -0.2) is 0 Å². The van der Waals surface area contributed by atoms with Crippen molar-refractivity contribution in [2.24, 2.45) is 5.92 Å². The molecule has 0 atom stereocenters. The van der Waals surface area contributed by atoms with Gasteiger partial charge in [0.25, 0.3) is 0 Å². The zero-order valence-corrected chi connectivity index (χ0v) is 11.5. The number of anilines is 1. The molecule has 0 aliphatic heterocycles. The average Bonchev–Trinajstić information content (AvgIpc) is 2.64. The molecule has 3 heteroatoms. The van der Waals surface area contributed by atoms with Gasteiger partial charge in [-0.1, -0.05) is 38.1 Å². The SMILES string of the molecule is Cc1oc(N)c(C#N)c1-c1ccc(CC(C)C)cc1. The van der Waals surface area contributed by atoms with Gasteiger partial charge in [0.2, 0.25) is 5.88 Å². The van der Waals surface area contributed by atoms with Crippen LogP contribution < -0.4 is 5.73 Å². The van der Waals surface area contributed by atoms with Crippen LogP contribution in [-0.4, -0.2) is 0 Å². The highest BCUT2D eigenvalue weighted by Gasteiger charge is 2.17. The zero-order valence-electron chi connectivity index (χ0n) is 11.5. The topological polar surface area (TPSA) is 62.9 Å². The standard InChI is InChI=1S/C16H18N2O/c1-10(2)8-12-4-6-13(7-5-12)15-11(3)19-16(18)14(15)9-17/h4-7,10H,8,18H2,1-3H3. The molecule has 2 aromatic rings. The summed E-state index contributed by atoms with van der Waals surface area (Å²) in [6, 6.07) is 10.4. The summed E-state index contributed by atoms with van der Waals surface area (Å²) in [5.74, 6) is 1.51. The number of hydrogen-bond acceptors (Lipinski definition) is 3. The number of hydrogen-bond donors (Lipinski definition) is 1. The first kappa shape index (κ1) is 13.2. The van der Waals surface area contributed by atoms with Gasteiger partial charge in [0.1, 0.15) is 17.4 Å². The molecule has 0 spiro atoms. The van der Waals surface area contributed by atoms with Crippen LogP contribution in [-0.2, 0) is 6.42 Å². The molecule has 1 aromatic heterocycles. The number of nitrogens with zero attached hydrogens (tertiary/aromatic N) is 1. The summed E-state index contributed by atoms with van der Waals surface area (Å²) in [7, 11) is 0. The highest BCUT2D eigenvalue weighted by molar-refractivity contribution is 5.77. The summed E-state index contributed by atoms with van der Waals surface area (Å²) in [5.41, 5.74) is 9.20. The van der Waals surface area contributed by atoms with Crippen LogP contribution in [0.25, 0.3) is 11.1 Å². The molecule has 0 fully saturated rings. The summed E-state index contributed by atoms with van der Waals surface area (Å²) in [6.45, 7) is 6.22. The van der Waals surface area contributed by atoms with Gasteiger partial charge < -0.3 is 10.2 Å². The van der Waals surface area contributed by atoms with E-state index in [1.165, 1.54) is 5.56 Å². The van der Waals surface area contributed by atoms with Gasteiger partial charge in [0, 0.05) is 5.56 Å². The fourth-order valence-electron chi connectivity index (χ4n) is 2.30. The fourth-order valence-corrected chi connectivity index (χ4v) is 2.30. The van der Waals surface area contributed by atoms with Gasteiger partial charge >= 0.3 is 0 Å². The summed E-state index contributed by atoms with van der Waals surface area (Å²) < 4.78 is 5.34. The van der Waals surface area contributed by atoms with Crippen LogP contribution >= 0.6 is 0 Å². The van der Waals surface area contributed by atoms with Crippen LogP contribution in [0.15, 0.2) is 28.7 Å². The molecule has 0 aliphatic carbocycles. The number of nitrogen functional groups attached to an aromatic ring is 1. The third-order valence-electron chi connectivity index (χ3n) is 3.11. The van der Waals surface area contributed by atoms with E-state index >= 15 is 0 Å². The Balaban J connectivity index is 2.41. The first-order valence-electron chi connectivity index (χ1n) is 6.41. The molecule has 1 aromatic carbocycles. The predicted octanol–water partition coefficient (Wildman–Crippen LogP) is 3.91. The van der Waals surface area contributed by atoms with Crippen molar-refractivity contribution in [1.29, 1.82) is 5.26 Å². The smallest absolute Gasteiger partial charge is 0.209 e. The van der Waals surface area contributed by atoms with Crippen LogP contribution in [0.3, 0.4) is 0 Å². The highest BCUT2D eigenvalue weighted by atomic mass is 16.4. The third kappa shape index (κ3) is 2.63. The van der Waals surface area contributed by atoms with Gasteiger partial charge in [-0.2, -0.15) is 5.26 Å². The predicted molar refractivity (Wildman–Crippen MR) is 76.6 cm³/mol. The molecular weight excluding hydrogens is 236 g/mol. The van der Waals surface area contributed by atoms with Crippen LogP contribution in [0.5, 0.6) is 0 Å². The molecule has 0 saturated carbocycles. The number of nitriles is 1. The highest BCUT2D eigenvalue weighted by Crippen LogP contribution is 2.33. The number of nitrogens with two attached hydrogens (primary N) is 1. The molecule has 0 saturated heterocycles. The second-order valence-electron chi connectivity index (χ2n) is 5.18. The summed E-state index contributed by atoms with van der Waals surface area (Å²) in [4.78, 5) is 0. The Bertz CT molecular complexity index is 615. The van der Waals surface area contributed by atoms with Gasteiger partial charge in [-0.3, -0.25) is 0 Å². The lowest BCUT2D eigenvalue weighted by molar-refractivity contribution is 0.554. The minimum absolute atomic E-state index is 0.196. The summed E-state index contributed by atoms with van der Waals surface area (Å²) >= 11 is 0. The van der Waals surface area contributed by atoms with Crippen LogP contribution in [0.4, 0.5) is 5.88 Å². The van der Waals surface area contributed by atoms with Crippen molar-refractivity contribution in [3.8, 4) is 17.2 Å². The first-order chi connectivity index (χ1) is 9.02. The van der Waals surface area contributed by atoms with E-state index in [1.807, 2.05) is 19.1 Å². The van der Waals surface area contributed by atoms with Gasteiger partial charge in [-0.05, 0) is 30.4 Å². The molecule has 0 aliphatic rings. The Morgan fingerprint density at radius 1 is 1.26 bits per heavy atom. The van der Waals surface area contributed by atoms with E-state index in [0.29, 0.717) is 17.2 Å². The van der Waals surface area contributed by atoms with Crippen molar-refractivity contribution in [2.45, 2.75) is 27.2 Å². The average molecular weight is 254 g/mol. The molecule has 3 nitrogen and oxygen atoms in total. The maximum atomic E-state index is 9.16. The van der Waals surface area contributed by atoms with Crippen molar-refractivity contribution in [1.82, 2.24) is 0 Å². The van der Waals surface area contributed by atoms with E-state index < -0.39 is 0 Å². The number of rotatable bonds is 3. The lowest BCUT2D eigenvalue weighted by Crippen LogP contribution is -1.93. The Morgan fingerprint density at radius 2 is 1.89 bits per heavy atom. The second kappa shape index (κ2) is 5.19. The minimum Gasteiger partial charge on any atom is -0.444 e. The molecule has 0 bridgehead atoms. The molecule has 98 valence electrons. The van der Waals surface area contributed by atoms with Crippen LogP contribution in [0, 0.1) is 24.2 Å². The Hall–Kier alpha value is -2.21. The maximum absolute atomic E-state index is 9.16. The summed E-state index contributed by atoms with van der Waals surface area (Å²) in [5, 5.41) is 9.16. The fraction of sp³-hybridized carbons (Fsp3) is 0.312. The molecule has 19 heavy (non-hydrogen) atoms. The Morgan fingerprint density at radius 3 is 2.42 bits per heavy atom. The normalized spacial score (nSPS) is 10.7. The van der Waals surface area contributed by atoms with Crippen molar-refractivity contribution < 1.29 is 4.42 Å². The molecule has 2 N–H and O–H groups in total. The monoisotopic (exact) mass is 254 g/mol. The molecule has 1 heterocycles. The van der Waals surface area contributed by atoms with Crippen molar-refractivity contribution in [3.63, 3.8) is 0 Å². The van der Waals surface area contributed by atoms with E-state index in [1.54, 1.807) is 0 Å².